The second-order valence-corrected chi connectivity index (χ2v) is 8.78. The molecule has 0 aromatic rings. The fourth-order valence-corrected chi connectivity index (χ4v) is 5.51. The molecule has 3 fully saturated rings. The van der Waals surface area contributed by atoms with Crippen LogP contribution in [0, 0.1) is 5.92 Å². The van der Waals surface area contributed by atoms with Gasteiger partial charge in [0.05, 0.1) is 0 Å². The zero-order valence-electron chi connectivity index (χ0n) is 14.7. The molecule has 2 aliphatic heterocycles. The van der Waals surface area contributed by atoms with Gasteiger partial charge in [-0.2, -0.15) is 11.8 Å². The van der Waals surface area contributed by atoms with Crippen molar-refractivity contribution in [1.29, 1.82) is 0 Å². The largest absolute Gasteiger partial charge is 0.336 e. The molecule has 3 rings (SSSR count). The Morgan fingerprint density at radius 2 is 1.91 bits per heavy atom. The molecule has 0 radical (unpaired) electrons. The molecular weight excluding hydrogens is 306 g/mol. The smallest absolute Gasteiger partial charge is 0.317 e. The van der Waals surface area contributed by atoms with Gasteiger partial charge in [0, 0.05) is 49.8 Å². The predicted octanol–water partition coefficient (Wildman–Crippen LogP) is 3.18. The van der Waals surface area contributed by atoms with Crippen molar-refractivity contribution in [3.05, 3.63) is 0 Å². The number of likely N-dealkylation sites (tertiary alicyclic amines) is 1. The number of nitrogens with one attached hydrogen (secondary N) is 1. The maximum atomic E-state index is 12.6. The first-order chi connectivity index (χ1) is 11.2. The van der Waals surface area contributed by atoms with E-state index in [1.165, 1.54) is 69.5 Å². The van der Waals surface area contributed by atoms with Crippen LogP contribution in [-0.4, -0.2) is 65.6 Å². The van der Waals surface area contributed by atoms with E-state index in [2.05, 4.69) is 33.8 Å². The first-order valence-corrected chi connectivity index (χ1v) is 10.7. The summed E-state index contributed by atoms with van der Waals surface area (Å²) in [5.74, 6) is 3.20. The third kappa shape index (κ3) is 4.16. The number of thioether (sulfide) groups is 1. The van der Waals surface area contributed by atoms with Crippen LogP contribution in [0.3, 0.4) is 0 Å². The van der Waals surface area contributed by atoms with Gasteiger partial charge in [0.1, 0.15) is 0 Å². The van der Waals surface area contributed by atoms with Crippen LogP contribution >= 0.6 is 11.8 Å². The first kappa shape index (κ1) is 17.4. The molecular formula is C18H33N3OS. The summed E-state index contributed by atoms with van der Waals surface area (Å²) in [6.45, 7) is 7.38. The number of hydrogen-bond acceptors (Lipinski definition) is 3. The van der Waals surface area contributed by atoms with Crippen molar-refractivity contribution in [1.82, 2.24) is 15.1 Å². The second kappa shape index (κ2) is 8.11. The molecule has 1 atom stereocenters. The minimum atomic E-state index is 0.181. The number of hydrogen-bond donors (Lipinski definition) is 1. The first-order valence-electron chi connectivity index (χ1n) is 9.59. The minimum Gasteiger partial charge on any atom is -0.336 e. The topological polar surface area (TPSA) is 35.6 Å². The highest BCUT2D eigenvalue weighted by atomic mass is 32.2. The fourth-order valence-electron chi connectivity index (χ4n) is 4.61. The van der Waals surface area contributed by atoms with E-state index in [1.54, 1.807) is 0 Å². The fraction of sp³-hybridized carbons (Fsp3) is 0.944. The third-order valence-corrected chi connectivity index (χ3v) is 7.11. The van der Waals surface area contributed by atoms with Gasteiger partial charge in [-0.3, -0.25) is 4.90 Å². The lowest BCUT2D eigenvalue weighted by molar-refractivity contribution is 0.0990. The average molecular weight is 340 g/mol. The number of nitrogens with zero attached hydrogens (tertiary/aromatic N) is 2. The molecule has 1 unspecified atom stereocenters. The van der Waals surface area contributed by atoms with Gasteiger partial charge in [-0.25, -0.2) is 4.79 Å². The van der Waals surface area contributed by atoms with Gasteiger partial charge >= 0.3 is 6.03 Å². The van der Waals surface area contributed by atoms with Gasteiger partial charge in [0.25, 0.3) is 0 Å². The number of urea groups is 1. The second-order valence-electron chi connectivity index (χ2n) is 7.55. The molecule has 4 nitrogen and oxygen atoms in total. The van der Waals surface area contributed by atoms with Gasteiger partial charge in [-0.15, -0.1) is 0 Å². The zero-order valence-corrected chi connectivity index (χ0v) is 15.5. The molecule has 0 bridgehead atoms. The SMILES string of the molecule is CCC1CCCN(C(=O)NCC2(N3CCSCC3)CCCC2)C1. The molecule has 5 heteroatoms. The lowest BCUT2D eigenvalue weighted by atomic mass is 9.94. The van der Waals surface area contributed by atoms with E-state index in [0.717, 1.165) is 19.6 Å². The maximum absolute atomic E-state index is 12.6. The average Bonchev–Trinajstić information content (AvgIpc) is 3.11. The van der Waals surface area contributed by atoms with Crippen LogP contribution in [0.4, 0.5) is 4.79 Å². The lowest BCUT2D eigenvalue weighted by Gasteiger charge is -2.44. The van der Waals surface area contributed by atoms with Crippen molar-refractivity contribution in [2.45, 2.75) is 57.4 Å². The van der Waals surface area contributed by atoms with Crippen LogP contribution in [0.15, 0.2) is 0 Å². The minimum absolute atomic E-state index is 0.181. The summed E-state index contributed by atoms with van der Waals surface area (Å²) < 4.78 is 0. The molecule has 1 aliphatic carbocycles. The summed E-state index contributed by atoms with van der Waals surface area (Å²) in [5, 5.41) is 3.32. The number of rotatable bonds is 4. The van der Waals surface area contributed by atoms with Crippen LogP contribution in [-0.2, 0) is 0 Å². The highest BCUT2D eigenvalue weighted by Crippen LogP contribution is 2.36. The van der Waals surface area contributed by atoms with Crippen LogP contribution in [0.25, 0.3) is 0 Å². The number of piperidine rings is 1. The molecule has 2 heterocycles. The van der Waals surface area contributed by atoms with E-state index in [-0.39, 0.29) is 11.6 Å². The number of amides is 2. The maximum Gasteiger partial charge on any atom is 0.317 e. The summed E-state index contributed by atoms with van der Waals surface area (Å²) in [6, 6.07) is 0.181. The molecule has 2 amide bonds. The Hall–Kier alpha value is -0.420. The molecule has 1 N–H and O–H groups in total. The molecule has 1 saturated carbocycles. The molecule has 132 valence electrons. The molecule has 0 aromatic heterocycles. The van der Waals surface area contributed by atoms with Crippen molar-refractivity contribution >= 4 is 17.8 Å². The van der Waals surface area contributed by atoms with Crippen LogP contribution in [0.5, 0.6) is 0 Å². The van der Waals surface area contributed by atoms with Crippen molar-refractivity contribution in [3.63, 3.8) is 0 Å². The Kier molecular flexibility index (Phi) is 6.13. The standard InChI is InChI=1S/C18H33N3OS/c1-2-16-6-5-9-20(14-16)17(22)19-15-18(7-3-4-8-18)21-10-12-23-13-11-21/h16H,2-15H2,1H3,(H,19,22). The monoisotopic (exact) mass is 339 g/mol. The van der Waals surface area contributed by atoms with Crippen molar-refractivity contribution in [3.8, 4) is 0 Å². The van der Waals surface area contributed by atoms with E-state index in [0.29, 0.717) is 5.92 Å². The number of carbonyl (C=O) groups is 1. The van der Waals surface area contributed by atoms with E-state index in [4.69, 9.17) is 0 Å². The predicted molar refractivity (Wildman–Crippen MR) is 98.1 cm³/mol. The van der Waals surface area contributed by atoms with Crippen molar-refractivity contribution < 1.29 is 4.79 Å². The van der Waals surface area contributed by atoms with Gasteiger partial charge < -0.3 is 10.2 Å². The molecule has 23 heavy (non-hydrogen) atoms. The Morgan fingerprint density at radius 1 is 1.17 bits per heavy atom. The molecule has 2 saturated heterocycles. The van der Waals surface area contributed by atoms with Crippen molar-refractivity contribution in [2.24, 2.45) is 5.92 Å². The van der Waals surface area contributed by atoms with Gasteiger partial charge in [-0.1, -0.05) is 26.2 Å². The van der Waals surface area contributed by atoms with Gasteiger partial charge in [-0.05, 0) is 31.6 Å². The van der Waals surface area contributed by atoms with Crippen LogP contribution in [0.1, 0.15) is 51.9 Å². The molecule has 0 spiro atoms. The quantitative estimate of drug-likeness (QED) is 0.854. The van der Waals surface area contributed by atoms with E-state index in [9.17, 15) is 4.79 Å². The van der Waals surface area contributed by atoms with Crippen LogP contribution in [0.2, 0.25) is 0 Å². The Balaban J connectivity index is 1.55. The van der Waals surface area contributed by atoms with Crippen molar-refractivity contribution in [2.75, 3.05) is 44.2 Å². The highest BCUT2D eigenvalue weighted by Gasteiger charge is 2.40. The van der Waals surface area contributed by atoms with E-state index in [1.807, 2.05) is 0 Å². The normalized spacial score (nSPS) is 28.7. The Morgan fingerprint density at radius 3 is 2.61 bits per heavy atom. The third-order valence-electron chi connectivity index (χ3n) is 6.17. The molecule has 0 aromatic carbocycles. The Labute approximate surface area is 145 Å². The molecule has 3 aliphatic rings. The van der Waals surface area contributed by atoms with Crippen LogP contribution < -0.4 is 5.32 Å². The zero-order chi connectivity index (χ0) is 16.1. The lowest BCUT2D eigenvalue weighted by Crippen LogP contribution is -2.58. The summed E-state index contributed by atoms with van der Waals surface area (Å²) in [7, 11) is 0. The highest BCUT2D eigenvalue weighted by molar-refractivity contribution is 7.99. The van der Waals surface area contributed by atoms with E-state index >= 15 is 0 Å². The van der Waals surface area contributed by atoms with Gasteiger partial charge in [0.15, 0.2) is 0 Å². The van der Waals surface area contributed by atoms with E-state index < -0.39 is 0 Å². The summed E-state index contributed by atoms with van der Waals surface area (Å²) in [6.07, 6.45) is 8.81. The number of carbonyl (C=O) groups excluding carboxylic acids is 1. The Bertz CT molecular complexity index is 392. The van der Waals surface area contributed by atoms with Gasteiger partial charge in [0.2, 0.25) is 0 Å². The summed E-state index contributed by atoms with van der Waals surface area (Å²) in [5.41, 5.74) is 0.247. The summed E-state index contributed by atoms with van der Waals surface area (Å²) in [4.78, 5) is 17.4. The summed E-state index contributed by atoms with van der Waals surface area (Å²) >= 11 is 2.07.